The number of hydrogen-bond acceptors (Lipinski definition) is 8. The second-order valence-corrected chi connectivity index (χ2v) is 7.63. The van der Waals surface area contributed by atoms with Gasteiger partial charge in [-0.05, 0) is 48.5 Å². The van der Waals surface area contributed by atoms with Crippen LogP contribution in [0.3, 0.4) is 0 Å². The first-order valence-electron chi connectivity index (χ1n) is 8.66. The monoisotopic (exact) mass is 419 g/mol. The van der Waals surface area contributed by atoms with E-state index in [2.05, 4.69) is 9.17 Å². The van der Waals surface area contributed by atoms with Gasteiger partial charge < -0.3 is 18.6 Å². The Morgan fingerprint density at radius 3 is 2.07 bits per heavy atom. The zero-order valence-corrected chi connectivity index (χ0v) is 17.1. The summed E-state index contributed by atoms with van der Waals surface area (Å²) in [5, 5.41) is 0. The van der Waals surface area contributed by atoms with Crippen molar-refractivity contribution in [3.8, 4) is 40.2 Å². The molecule has 0 bridgehead atoms. The molecule has 29 heavy (non-hydrogen) atoms. The van der Waals surface area contributed by atoms with Crippen molar-refractivity contribution >= 4 is 10.1 Å². The van der Waals surface area contributed by atoms with E-state index in [1.165, 1.54) is 7.11 Å². The minimum Gasteiger partial charge on any atom is -0.497 e. The molecule has 0 atom stereocenters. The Bertz CT molecular complexity index is 1040. The van der Waals surface area contributed by atoms with Gasteiger partial charge in [0.05, 0.1) is 20.5 Å². The Balaban J connectivity index is 1.78. The van der Waals surface area contributed by atoms with E-state index >= 15 is 0 Å². The molecule has 0 N–H and O–H groups in total. The van der Waals surface area contributed by atoms with Gasteiger partial charge in [-0.3, -0.25) is 4.18 Å². The molecule has 1 heterocycles. The fraction of sp³-hybridized carbons (Fsp3) is 0.250. The van der Waals surface area contributed by atoms with Gasteiger partial charge >= 0.3 is 6.08 Å². The number of aromatic nitrogens is 1. The van der Waals surface area contributed by atoms with Crippen LogP contribution < -0.4 is 14.2 Å². The van der Waals surface area contributed by atoms with E-state index in [0.29, 0.717) is 17.2 Å². The van der Waals surface area contributed by atoms with Gasteiger partial charge in [0.15, 0.2) is 5.76 Å². The zero-order chi connectivity index (χ0) is 20.9. The maximum atomic E-state index is 10.9. The van der Waals surface area contributed by atoms with Crippen molar-refractivity contribution in [2.75, 3.05) is 33.7 Å². The highest BCUT2D eigenvalue weighted by Crippen LogP contribution is 2.36. The molecule has 0 saturated carbocycles. The molecule has 0 aliphatic carbocycles. The van der Waals surface area contributed by atoms with Gasteiger partial charge in [0, 0.05) is 11.1 Å². The summed E-state index contributed by atoms with van der Waals surface area (Å²) in [5.41, 5.74) is 2.28. The standard InChI is InChI=1S/C20H21NO7S/c1-24-16-8-4-14(5-9-16)18-19(28-20(21-18)25-2)15-6-10-17(11-7-15)26-12-13-27-29(3,22)23/h4-11H,12-13H2,1-3H3. The molecule has 0 spiro atoms. The maximum Gasteiger partial charge on any atom is 0.394 e. The van der Waals surface area contributed by atoms with Gasteiger partial charge in [-0.15, -0.1) is 0 Å². The topological polar surface area (TPSA) is 97.1 Å². The molecule has 3 aromatic rings. The number of rotatable bonds is 9. The minimum atomic E-state index is -3.48. The van der Waals surface area contributed by atoms with Gasteiger partial charge in [-0.1, -0.05) is 0 Å². The first kappa shape index (κ1) is 20.7. The van der Waals surface area contributed by atoms with Crippen molar-refractivity contribution in [1.82, 2.24) is 4.98 Å². The van der Waals surface area contributed by atoms with E-state index in [4.69, 9.17) is 18.6 Å². The molecular formula is C20H21NO7S. The molecular weight excluding hydrogens is 398 g/mol. The Morgan fingerprint density at radius 1 is 0.862 bits per heavy atom. The van der Waals surface area contributed by atoms with Crippen molar-refractivity contribution in [3.05, 3.63) is 48.5 Å². The number of hydrogen-bond donors (Lipinski definition) is 0. The first-order chi connectivity index (χ1) is 13.9. The summed E-state index contributed by atoms with van der Waals surface area (Å²) in [5.74, 6) is 1.87. The van der Waals surface area contributed by atoms with E-state index < -0.39 is 10.1 Å². The molecule has 0 aliphatic heterocycles. The Hall–Kier alpha value is -3.04. The quantitative estimate of drug-likeness (QED) is 0.385. The van der Waals surface area contributed by atoms with Gasteiger partial charge in [0.1, 0.15) is 30.4 Å². The van der Waals surface area contributed by atoms with Crippen molar-refractivity contribution in [2.45, 2.75) is 0 Å². The summed E-state index contributed by atoms with van der Waals surface area (Å²) < 4.78 is 48.1. The summed E-state index contributed by atoms with van der Waals surface area (Å²) in [7, 11) is -0.380. The first-order valence-corrected chi connectivity index (χ1v) is 10.5. The molecule has 3 rings (SSSR count). The van der Waals surface area contributed by atoms with Crippen LogP contribution in [0.2, 0.25) is 0 Å². The van der Waals surface area contributed by atoms with Crippen LogP contribution in [-0.4, -0.2) is 47.1 Å². The summed E-state index contributed by atoms with van der Waals surface area (Å²) >= 11 is 0. The van der Waals surface area contributed by atoms with Crippen LogP contribution in [0.25, 0.3) is 22.6 Å². The summed E-state index contributed by atoms with van der Waals surface area (Å²) in [6.45, 7) is 0.0567. The average Bonchev–Trinajstić information content (AvgIpc) is 3.15. The highest BCUT2D eigenvalue weighted by molar-refractivity contribution is 7.85. The van der Waals surface area contributed by atoms with Crippen LogP contribution in [0.4, 0.5) is 0 Å². The number of methoxy groups -OCH3 is 2. The van der Waals surface area contributed by atoms with Crippen molar-refractivity contribution in [1.29, 1.82) is 0 Å². The third-order valence-electron chi connectivity index (χ3n) is 3.91. The minimum absolute atomic E-state index is 0.0541. The fourth-order valence-electron chi connectivity index (χ4n) is 2.58. The molecule has 9 heteroatoms. The van der Waals surface area contributed by atoms with Crippen LogP contribution in [-0.2, 0) is 14.3 Å². The number of benzene rings is 2. The van der Waals surface area contributed by atoms with Crippen molar-refractivity contribution in [2.24, 2.45) is 0 Å². The number of oxazole rings is 1. The third kappa shape index (κ3) is 5.49. The molecule has 154 valence electrons. The lowest BCUT2D eigenvalue weighted by molar-refractivity contribution is 0.222. The highest BCUT2D eigenvalue weighted by Gasteiger charge is 2.17. The lowest BCUT2D eigenvalue weighted by Gasteiger charge is -2.07. The van der Waals surface area contributed by atoms with Gasteiger partial charge in [-0.25, -0.2) is 0 Å². The van der Waals surface area contributed by atoms with Crippen molar-refractivity contribution < 1.29 is 31.2 Å². The van der Waals surface area contributed by atoms with Gasteiger partial charge in [0.25, 0.3) is 10.1 Å². The predicted octanol–water partition coefficient (Wildman–Crippen LogP) is 3.38. The Morgan fingerprint density at radius 2 is 1.48 bits per heavy atom. The predicted molar refractivity (Wildman–Crippen MR) is 107 cm³/mol. The largest absolute Gasteiger partial charge is 0.497 e. The van der Waals surface area contributed by atoms with E-state index in [1.54, 1.807) is 19.2 Å². The molecule has 0 radical (unpaired) electrons. The second kappa shape index (κ2) is 8.97. The molecule has 0 aliphatic rings. The lowest BCUT2D eigenvalue weighted by Crippen LogP contribution is -2.11. The number of nitrogens with zero attached hydrogens (tertiary/aromatic N) is 1. The van der Waals surface area contributed by atoms with Crippen LogP contribution in [0.1, 0.15) is 0 Å². The Kier molecular flexibility index (Phi) is 6.40. The average molecular weight is 419 g/mol. The third-order valence-corrected chi connectivity index (χ3v) is 4.51. The van der Waals surface area contributed by atoms with E-state index in [0.717, 1.165) is 23.1 Å². The molecule has 0 unspecified atom stereocenters. The zero-order valence-electron chi connectivity index (χ0n) is 16.2. The highest BCUT2D eigenvalue weighted by atomic mass is 32.2. The molecule has 8 nitrogen and oxygen atoms in total. The number of ether oxygens (including phenoxy) is 3. The van der Waals surface area contributed by atoms with Crippen molar-refractivity contribution in [3.63, 3.8) is 0 Å². The van der Waals surface area contributed by atoms with Crippen LogP contribution in [0.5, 0.6) is 17.6 Å². The summed E-state index contributed by atoms with van der Waals surface area (Å²) in [4.78, 5) is 4.40. The van der Waals surface area contributed by atoms with Gasteiger partial charge in [-0.2, -0.15) is 13.4 Å². The van der Waals surface area contributed by atoms with Crippen LogP contribution in [0, 0.1) is 0 Å². The maximum absolute atomic E-state index is 10.9. The fourth-order valence-corrected chi connectivity index (χ4v) is 2.95. The molecule has 2 aromatic carbocycles. The van der Waals surface area contributed by atoms with E-state index in [1.807, 2.05) is 36.4 Å². The lowest BCUT2D eigenvalue weighted by atomic mass is 10.1. The normalized spacial score (nSPS) is 11.3. The van der Waals surface area contributed by atoms with E-state index in [9.17, 15) is 8.42 Å². The molecule has 0 fully saturated rings. The van der Waals surface area contributed by atoms with E-state index in [-0.39, 0.29) is 19.3 Å². The molecule has 0 saturated heterocycles. The second-order valence-electron chi connectivity index (χ2n) is 5.99. The Labute approximate surface area is 169 Å². The summed E-state index contributed by atoms with van der Waals surface area (Å²) in [6.07, 6.45) is 1.15. The smallest absolute Gasteiger partial charge is 0.394 e. The molecule has 1 aromatic heterocycles. The van der Waals surface area contributed by atoms with Gasteiger partial charge in [0.2, 0.25) is 0 Å². The SMILES string of the molecule is COc1ccc(-c2nc(OC)oc2-c2ccc(OCCOS(C)(=O)=O)cc2)cc1. The molecule has 0 amide bonds. The van der Waals surface area contributed by atoms with Crippen LogP contribution >= 0.6 is 0 Å². The summed E-state index contributed by atoms with van der Waals surface area (Å²) in [6, 6.07) is 14.6. The van der Waals surface area contributed by atoms with Crippen LogP contribution in [0.15, 0.2) is 52.9 Å².